The molecule has 5 aromatic rings. The monoisotopic (exact) mass is 730 g/mol. The minimum Gasteiger partial charge on any atom is -0.508 e. The van der Waals surface area contributed by atoms with Gasteiger partial charge >= 0.3 is 5.97 Å². The maximum Gasteiger partial charge on any atom is 0.338 e. The SMILES string of the molecule is O=C(O[C@@H]1[C@@H](c2c(O)cc3c(c2O)CC(O)[C@@H](c2ccc(O)c(O)c2)O3)c2c(O)cc(O)cc2O[C@@H]1c1ccc(O)c(O)c1)c1cc(O)c(O)c(O)c1. The minimum absolute atomic E-state index is 0.0341. The molecule has 0 aliphatic carbocycles. The minimum atomic E-state index is -1.73. The molecule has 0 radical (unpaired) electrons. The van der Waals surface area contributed by atoms with Gasteiger partial charge in [-0.1, -0.05) is 12.1 Å². The molecule has 0 saturated heterocycles. The number of aliphatic hydroxyl groups is 1. The number of benzene rings is 5. The van der Waals surface area contributed by atoms with Gasteiger partial charge in [0.2, 0.25) is 0 Å². The molecule has 0 amide bonds. The molecule has 1 unspecified atom stereocenters. The first-order valence-corrected chi connectivity index (χ1v) is 15.8. The van der Waals surface area contributed by atoms with Crippen molar-refractivity contribution >= 4 is 5.97 Å². The Bertz CT molecular complexity index is 2280. The van der Waals surface area contributed by atoms with Gasteiger partial charge in [0, 0.05) is 46.9 Å². The Labute approximate surface area is 297 Å². The van der Waals surface area contributed by atoms with E-state index in [0.29, 0.717) is 0 Å². The van der Waals surface area contributed by atoms with Crippen LogP contribution in [0.2, 0.25) is 0 Å². The number of hydrogen-bond donors (Lipinski definition) is 12. The van der Waals surface area contributed by atoms with Crippen LogP contribution in [0.1, 0.15) is 56.3 Å². The summed E-state index contributed by atoms with van der Waals surface area (Å²) < 4.78 is 18.0. The standard InChI is InChI=1S/C37H30O16/c38-16-9-22(43)29-28(10-16)52-35(14-2-4-19(40)21(42)6-14)36(53-37(50)15-7-24(45)33(49)25(46)8-15)31(29)30-23(44)12-27-17(32(30)48)11-26(47)34(51-27)13-1-3-18(39)20(41)5-13/h1-10,12,26,31,34-36,38-49H,11H2/t26?,31-,34-,35-,36-/m1/s1. The van der Waals surface area contributed by atoms with Crippen molar-refractivity contribution in [3.63, 3.8) is 0 Å². The Balaban J connectivity index is 1.41. The molecule has 2 aliphatic heterocycles. The molecule has 274 valence electrons. The lowest BCUT2D eigenvalue weighted by Gasteiger charge is -2.40. The van der Waals surface area contributed by atoms with Crippen molar-refractivity contribution in [1.29, 1.82) is 0 Å². The summed E-state index contributed by atoms with van der Waals surface area (Å²) in [5, 5.41) is 127. The van der Waals surface area contributed by atoms with Crippen LogP contribution in [0.4, 0.5) is 0 Å². The molecule has 7 rings (SSSR count). The van der Waals surface area contributed by atoms with Gasteiger partial charge in [0.25, 0.3) is 0 Å². The molecular weight excluding hydrogens is 700 g/mol. The summed E-state index contributed by atoms with van der Waals surface area (Å²) in [6, 6.07) is 11.9. The van der Waals surface area contributed by atoms with Crippen molar-refractivity contribution in [1.82, 2.24) is 0 Å². The van der Waals surface area contributed by atoms with E-state index in [2.05, 4.69) is 0 Å². The van der Waals surface area contributed by atoms with Gasteiger partial charge in [0.05, 0.1) is 17.6 Å². The largest absolute Gasteiger partial charge is 0.508 e. The molecular formula is C37H30O16. The van der Waals surface area contributed by atoms with Crippen LogP contribution in [0.3, 0.4) is 0 Å². The van der Waals surface area contributed by atoms with Crippen molar-refractivity contribution in [3.8, 4) is 74.7 Å². The normalized spacial score (nSPS) is 20.4. The van der Waals surface area contributed by atoms with E-state index < -0.39 is 105 Å². The second kappa shape index (κ2) is 12.6. The lowest BCUT2D eigenvalue weighted by atomic mass is 9.77. The van der Waals surface area contributed by atoms with Crippen LogP contribution in [0.25, 0.3) is 0 Å². The molecule has 5 atom stereocenters. The summed E-state index contributed by atoms with van der Waals surface area (Å²) in [4.78, 5) is 13.7. The fourth-order valence-electron chi connectivity index (χ4n) is 6.72. The average molecular weight is 731 g/mol. The zero-order chi connectivity index (χ0) is 38.0. The topological polar surface area (TPSA) is 288 Å². The maximum absolute atomic E-state index is 13.7. The Hall–Kier alpha value is -7.07. The average Bonchev–Trinajstić information content (AvgIpc) is 3.10. The quantitative estimate of drug-likeness (QED) is 0.0899. The molecule has 2 heterocycles. The summed E-state index contributed by atoms with van der Waals surface area (Å²) in [6.07, 6.45) is -6.04. The van der Waals surface area contributed by atoms with Crippen LogP contribution in [0.5, 0.6) is 74.7 Å². The molecule has 0 fully saturated rings. The third-order valence-corrected chi connectivity index (χ3v) is 9.21. The van der Waals surface area contributed by atoms with Crippen molar-refractivity contribution < 1.29 is 80.3 Å². The van der Waals surface area contributed by atoms with Crippen LogP contribution in [-0.4, -0.2) is 79.5 Å². The summed E-state index contributed by atoms with van der Waals surface area (Å²) in [5.41, 5.74) is -0.810. The Morgan fingerprint density at radius 3 is 1.74 bits per heavy atom. The number of ether oxygens (including phenoxy) is 3. The van der Waals surface area contributed by atoms with E-state index in [-0.39, 0.29) is 45.7 Å². The van der Waals surface area contributed by atoms with Crippen LogP contribution in [-0.2, 0) is 11.2 Å². The van der Waals surface area contributed by atoms with E-state index >= 15 is 0 Å². The predicted octanol–water partition coefficient (Wildman–Crippen LogP) is 3.98. The lowest BCUT2D eigenvalue weighted by Crippen LogP contribution is -2.39. The van der Waals surface area contributed by atoms with Crippen molar-refractivity contribution in [2.45, 2.75) is 36.8 Å². The first-order valence-electron chi connectivity index (χ1n) is 15.8. The van der Waals surface area contributed by atoms with Gasteiger partial charge in [0.1, 0.15) is 40.6 Å². The van der Waals surface area contributed by atoms with Gasteiger partial charge in [-0.25, -0.2) is 4.79 Å². The highest BCUT2D eigenvalue weighted by atomic mass is 16.6. The van der Waals surface area contributed by atoms with E-state index in [9.17, 15) is 66.1 Å². The highest BCUT2D eigenvalue weighted by Crippen LogP contribution is 2.57. The molecule has 2 aliphatic rings. The second-order valence-corrected chi connectivity index (χ2v) is 12.6. The van der Waals surface area contributed by atoms with Gasteiger partial charge in [0.15, 0.2) is 52.5 Å². The van der Waals surface area contributed by atoms with Crippen molar-refractivity contribution in [2.24, 2.45) is 0 Å². The van der Waals surface area contributed by atoms with Crippen LogP contribution in [0, 0.1) is 0 Å². The van der Waals surface area contributed by atoms with Gasteiger partial charge in [-0.3, -0.25) is 0 Å². The van der Waals surface area contributed by atoms with E-state index in [1.54, 1.807) is 0 Å². The summed E-state index contributed by atoms with van der Waals surface area (Å²) in [6.45, 7) is 0. The van der Waals surface area contributed by atoms with Crippen LogP contribution >= 0.6 is 0 Å². The number of aromatic hydroxyl groups is 11. The number of phenols is 11. The smallest absolute Gasteiger partial charge is 0.338 e. The fraction of sp³-hybridized carbons (Fsp3) is 0.162. The Kier molecular flexibility index (Phi) is 8.18. The molecule has 0 spiro atoms. The molecule has 5 aromatic carbocycles. The summed E-state index contributed by atoms with van der Waals surface area (Å²) in [5.74, 6) is -10.4. The van der Waals surface area contributed by atoms with Crippen molar-refractivity contribution in [3.05, 3.63) is 100 Å². The zero-order valence-corrected chi connectivity index (χ0v) is 26.9. The molecule has 16 nitrogen and oxygen atoms in total. The highest BCUT2D eigenvalue weighted by molar-refractivity contribution is 5.91. The zero-order valence-electron chi connectivity index (χ0n) is 26.9. The van der Waals surface area contributed by atoms with Crippen LogP contribution < -0.4 is 9.47 Å². The Morgan fingerprint density at radius 2 is 1.13 bits per heavy atom. The number of hydrogen-bond acceptors (Lipinski definition) is 16. The number of carbonyl (C=O) groups is 1. The Morgan fingerprint density at radius 1 is 0.566 bits per heavy atom. The van der Waals surface area contributed by atoms with Crippen LogP contribution in [0.15, 0.2) is 66.7 Å². The first-order chi connectivity index (χ1) is 25.1. The van der Waals surface area contributed by atoms with Gasteiger partial charge in [-0.15, -0.1) is 0 Å². The number of esters is 1. The number of phenolic OH excluding ortho intramolecular Hbond substituents is 11. The van der Waals surface area contributed by atoms with E-state index in [0.717, 1.165) is 42.5 Å². The van der Waals surface area contributed by atoms with Crippen molar-refractivity contribution in [2.75, 3.05) is 0 Å². The third-order valence-electron chi connectivity index (χ3n) is 9.21. The van der Waals surface area contributed by atoms with Gasteiger partial charge in [-0.05, 0) is 42.0 Å². The fourth-order valence-corrected chi connectivity index (χ4v) is 6.72. The molecule has 12 N–H and O–H groups in total. The van der Waals surface area contributed by atoms with E-state index in [1.165, 1.54) is 24.3 Å². The molecule has 16 heteroatoms. The van der Waals surface area contributed by atoms with Gasteiger partial charge < -0.3 is 75.5 Å². The first kappa shape index (κ1) is 34.4. The second-order valence-electron chi connectivity index (χ2n) is 12.6. The predicted molar refractivity (Wildman–Crippen MR) is 178 cm³/mol. The molecule has 53 heavy (non-hydrogen) atoms. The van der Waals surface area contributed by atoms with E-state index in [1.807, 2.05) is 0 Å². The summed E-state index contributed by atoms with van der Waals surface area (Å²) >= 11 is 0. The maximum atomic E-state index is 13.7. The van der Waals surface area contributed by atoms with Gasteiger partial charge in [-0.2, -0.15) is 0 Å². The molecule has 0 bridgehead atoms. The third kappa shape index (κ3) is 5.85. The highest BCUT2D eigenvalue weighted by Gasteiger charge is 2.48. The summed E-state index contributed by atoms with van der Waals surface area (Å²) in [7, 11) is 0. The molecule has 0 saturated carbocycles. The number of fused-ring (bicyclic) bond motifs is 2. The van der Waals surface area contributed by atoms with E-state index in [4.69, 9.17) is 14.2 Å². The number of carbonyl (C=O) groups excluding carboxylic acids is 1. The molecule has 0 aromatic heterocycles. The number of rotatable bonds is 5. The lowest BCUT2D eigenvalue weighted by molar-refractivity contribution is -0.0275. The number of aliphatic hydroxyl groups excluding tert-OH is 1.